The van der Waals surface area contributed by atoms with Gasteiger partial charge >= 0.3 is 5.82 Å². The maximum absolute atomic E-state index is 12.1. The molecule has 1 amide bonds. The molecule has 2 N–H and O–H groups in total. The Morgan fingerprint density at radius 1 is 1.40 bits per heavy atom. The molecule has 0 saturated heterocycles. The van der Waals surface area contributed by atoms with Gasteiger partial charge in [0.2, 0.25) is 0 Å². The Balaban J connectivity index is 1.68. The van der Waals surface area contributed by atoms with Gasteiger partial charge in [-0.2, -0.15) is 5.10 Å². The molecule has 0 aliphatic carbocycles. The summed E-state index contributed by atoms with van der Waals surface area (Å²) in [5, 5.41) is 22.8. The van der Waals surface area contributed by atoms with Crippen molar-refractivity contribution in [1.29, 1.82) is 0 Å². The smallest absolute Gasteiger partial charge is 0.358 e. The molecule has 0 fully saturated rings. The van der Waals surface area contributed by atoms with Crippen LogP contribution in [0, 0.1) is 10.1 Å². The van der Waals surface area contributed by atoms with Crippen molar-refractivity contribution < 1.29 is 9.72 Å². The summed E-state index contributed by atoms with van der Waals surface area (Å²) >= 11 is 9.12. The average molecular weight is 426 g/mol. The van der Waals surface area contributed by atoms with Gasteiger partial charge in [0.15, 0.2) is 10.7 Å². The largest absolute Gasteiger partial charge is 0.362 e. The van der Waals surface area contributed by atoms with E-state index in [1.54, 1.807) is 23.0 Å². The Hall–Kier alpha value is -2.72. The van der Waals surface area contributed by atoms with E-state index in [0.29, 0.717) is 12.2 Å². The number of hydrogen-bond donors (Lipinski definition) is 2. The summed E-state index contributed by atoms with van der Waals surface area (Å²) in [7, 11) is 0. The summed E-state index contributed by atoms with van der Waals surface area (Å²) in [4.78, 5) is 22.1. The van der Waals surface area contributed by atoms with Crippen molar-refractivity contribution in [2.24, 2.45) is 0 Å². The van der Waals surface area contributed by atoms with Gasteiger partial charge in [0.05, 0.1) is 17.2 Å². The number of amides is 1. The Morgan fingerprint density at radius 2 is 2.12 bits per heavy atom. The van der Waals surface area contributed by atoms with E-state index in [1.165, 1.54) is 0 Å². The number of hydrogen-bond acceptors (Lipinski definition) is 5. The number of nitrogens with zero attached hydrogens (tertiary/aromatic N) is 4. The number of rotatable bonds is 5. The van der Waals surface area contributed by atoms with Crippen molar-refractivity contribution in [1.82, 2.24) is 20.0 Å². The van der Waals surface area contributed by atoms with Crippen LogP contribution in [0.5, 0.6) is 0 Å². The first-order valence-corrected chi connectivity index (χ1v) is 8.07. The monoisotopic (exact) mass is 424 g/mol. The number of benzene rings is 1. The number of carbonyl (C=O) groups is 1. The second kappa shape index (κ2) is 7.03. The van der Waals surface area contributed by atoms with Gasteiger partial charge in [-0.05, 0) is 38.5 Å². The zero-order chi connectivity index (χ0) is 18.0. The van der Waals surface area contributed by atoms with E-state index >= 15 is 0 Å². The number of halogens is 2. The van der Waals surface area contributed by atoms with E-state index in [2.05, 4.69) is 36.5 Å². The SMILES string of the molecule is O=C(Nc1ccc(Cn2cc(Br)cn2)cc1)c1n[nH]c([N+](=O)[O-])c1Cl. The molecule has 128 valence electrons. The molecule has 3 aromatic rings. The van der Waals surface area contributed by atoms with Crippen LogP contribution < -0.4 is 5.32 Å². The number of H-pyrrole nitrogens is 1. The first-order chi connectivity index (χ1) is 11.9. The molecule has 2 aromatic heterocycles. The van der Waals surface area contributed by atoms with Crippen LogP contribution in [0.15, 0.2) is 41.1 Å². The molecule has 0 aliphatic heterocycles. The summed E-state index contributed by atoms with van der Waals surface area (Å²) in [6.07, 6.45) is 3.55. The lowest BCUT2D eigenvalue weighted by Gasteiger charge is -2.05. The second-order valence-electron chi connectivity index (χ2n) is 5.00. The van der Waals surface area contributed by atoms with Gasteiger partial charge in [-0.15, -0.1) is 5.10 Å². The summed E-state index contributed by atoms with van der Waals surface area (Å²) in [5.74, 6) is -1.16. The van der Waals surface area contributed by atoms with Crippen LogP contribution in [-0.4, -0.2) is 30.8 Å². The van der Waals surface area contributed by atoms with Crippen molar-refractivity contribution in [2.45, 2.75) is 6.54 Å². The molecule has 11 heteroatoms. The van der Waals surface area contributed by atoms with Gasteiger partial charge in [0.1, 0.15) is 0 Å². The van der Waals surface area contributed by atoms with Crippen molar-refractivity contribution in [2.75, 3.05) is 5.32 Å². The minimum atomic E-state index is -0.742. The third-order valence-electron chi connectivity index (χ3n) is 3.25. The Bertz CT molecular complexity index is 936. The van der Waals surface area contributed by atoms with Gasteiger partial charge in [-0.25, -0.2) is 0 Å². The maximum Gasteiger partial charge on any atom is 0.362 e. The summed E-state index contributed by atoms with van der Waals surface area (Å²) < 4.78 is 2.65. The summed E-state index contributed by atoms with van der Waals surface area (Å²) in [5.41, 5.74) is 1.26. The van der Waals surface area contributed by atoms with Crippen LogP contribution in [0.1, 0.15) is 16.1 Å². The normalized spacial score (nSPS) is 10.6. The average Bonchev–Trinajstić information content (AvgIpc) is 3.15. The number of aromatic nitrogens is 4. The highest BCUT2D eigenvalue weighted by atomic mass is 79.9. The minimum Gasteiger partial charge on any atom is -0.358 e. The molecule has 25 heavy (non-hydrogen) atoms. The maximum atomic E-state index is 12.1. The fourth-order valence-corrected chi connectivity index (χ4v) is 2.65. The van der Waals surface area contributed by atoms with Crippen molar-refractivity contribution in [3.05, 3.63) is 67.5 Å². The Morgan fingerprint density at radius 3 is 2.68 bits per heavy atom. The minimum absolute atomic E-state index is 0.237. The number of carbonyl (C=O) groups excluding carboxylic acids is 1. The van der Waals surface area contributed by atoms with Gasteiger partial charge in [0.25, 0.3) is 5.91 Å². The number of aromatic amines is 1. The van der Waals surface area contributed by atoms with Gasteiger partial charge in [-0.1, -0.05) is 28.8 Å². The first kappa shape index (κ1) is 17.1. The summed E-state index contributed by atoms with van der Waals surface area (Å²) in [6, 6.07) is 7.08. The highest BCUT2D eigenvalue weighted by Crippen LogP contribution is 2.25. The molecule has 3 rings (SSSR count). The van der Waals surface area contributed by atoms with Crippen molar-refractivity contribution in [3.63, 3.8) is 0 Å². The van der Waals surface area contributed by atoms with E-state index in [1.807, 2.05) is 18.3 Å². The molecule has 0 saturated carbocycles. The van der Waals surface area contributed by atoms with Crippen LogP contribution in [-0.2, 0) is 6.54 Å². The lowest BCUT2D eigenvalue weighted by molar-refractivity contribution is -0.389. The molecule has 0 unspecified atom stereocenters. The highest BCUT2D eigenvalue weighted by Gasteiger charge is 2.25. The van der Waals surface area contributed by atoms with E-state index in [0.717, 1.165) is 10.0 Å². The Kier molecular flexibility index (Phi) is 4.81. The molecule has 2 heterocycles. The zero-order valence-electron chi connectivity index (χ0n) is 12.4. The fourth-order valence-electron chi connectivity index (χ4n) is 2.09. The lowest BCUT2D eigenvalue weighted by Crippen LogP contribution is -2.13. The van der Waals surface area contributed by atoms with Gasteiger partial charge < -0.3 is 15.4 Å². The van der Waals surface area contributed by atoms with Crippen LogP contribution >= 0.6 is 27.5 Å². The third-order valence-corrected chi connectivity index (χ3v) is 4.01. The van der Waals surface area contributed by atoms with Crippen LogP contribution in [0.2, 0.25) is 5.02 Å². The van der Waals surface area contributed by atoms with E-state index in [9.17, 15) is 14.9 Å². The number of nitro groups is 1. The van der Waals surface area contributed by atoms with E-state index in [-0.39, 0.29) is 10.7 Å². The van der Waals surface area contributed by atoms with E-state index < -0.39 is 16.6 Å². The molecule has 0 atom stereocenters. The van der Waals surface area contributed by atoms with Crippen LogP contribution in [0.4, 0.5) is 11.5 Å². The predicted octanol–water partition coefficient (Wildman–Crippen LogP) is 3.23. The highest BCUT2D eigenvalue weighted by molar-refractivity contribution is 9.10. The van der Waals surface area contributed by atoms with Crippen LogP contribution in [0.3, 0.4) is 0 Å². The molecular formula is C14H10BrClN6O3. The van der Waals surface area contributed by atoms with Gasteiger partial charge in [-0.3, -0.25) is 9.48 Å². The molecule has 0 spiro atoms. The molecule has 0 bridgehead atoms. The topological polar surface area (TPSA) is 119 Å². The quantitative estimate of drug-likeness (QED) is 0.480. The van der Waals surface area contributed by atoms with Crippen LogP contribution in [0.25, 0.3) is 0 Å². The van der Waals surface area contributed by atoms with Crippen molar-refractivity contribution in [3.8, 4) is 0 Å². The van der Waals surface area contributed by atoms with E-state index in [4.69, 9.17) is 11.6 Å². The number of anilines is 1. The standard InChI is InChI=1S/C14H10BrClN6O3/c15-9-5-17-21(7-9)6-8-1-3-10(4-2-8)18-14(23)12-11(16)13(20-19-12)22(24)25/h1-5,7H,6H2,(H,18,23)(H,19,20). The van der Waals surface area contributed by atoms with Gasteiger partial charge in [0, 0.05) is 11.9 Å². The van der Waals surface area contributed by atoms with Crippen molar-refractivity contribution >= 4 is 44.9 Å². The molecule has 1 aromatic carbocycles. The first-order valence-electron chi connectivity index (χ1n) is 6.90. The third kappa shape index (κ3) is 3.86. The number of nitrogens with one attached hydrogen (secondary N) is 2. The molecule has 0 radical (unpaired) electrons. The lowest BCUT2D eigenvalue weighted by atomic mass is 10.2. The molecular weight excluding hydrogens is 416 g/mol. The zero-order valence-corrected chi connectivity index (χ0v) is 14.8. The fraction of sp³-hybridized carbons (Fsp3) is 0.0714. The summed E-state index contributed by atoms with van der Waals surface area (Å²) in [6.45, 7) is 0.581. The second-order valence-corrected chi connectivity index (χ2v) is 6.29. The molecule has 0 aliphatic rings. The Labute approximate surface area is 154 Å². The molecule has 9 nitrogen and oxygen atoms in total. The predicted molar refractivity (Wildman–Crippen MR) is 93.7 cm³/mol.